The van der Waals surface area contributed by atoms with Crippen LogP contribution in [0.1, 0.15) is 26.7 Å². The molecule has 1 saturated heterocycles. The predicted octanol–water partition coefficient (Wildman–Crippen LogP) is 1.35. The van der Waals surface area contributed by atoms with Gasteiger partial charge in [-0.2, -0.15) is 5.10 Å². The molecule has 4 nitrogen and oxygen atoms in total. The summed E-state index contributed by atoms with van der Waals surface area (Å²) in [5, 5.41) is 8.02. The first-order chi connectivity index (χ1) is 8.65. The van der Waals surface area contributed by atoms with Crippen LogP contribution in [-0.2, 0) is 6.54 Å². The van der Waals surface area contributed by atoms with E-state index in [-0.39, 0.29) is 5.54 Å². The number of nitrogens with zero attached hydrogens (tertiary/aromatic N) is 3. The van der Waals surface area contributed by atoms with Gasteiger partial charge in [0.2, 0.25) is 0 Å². The molecule has 0 bridgehead atoms. The summed E-state index contributed by atoms with van der Waals surface area (Å²) < 4.78 is 2.03. The maximum absolute atomic E-state index is 4.29. The summed E-state index contributed by atoms with van der Waals surface area (Å²) in [5.41, 5.74) is 0.262. The van der Waals surface area contributed by atoms with Gasteiger partial charge in [0, 0.05) is 43.6 Å². The highest BCUT2D eigenvalue weighted by Gasteiger charge is 2.39. The summed E-state index contributed by atoms with van der Waals surface area (Å²) in [5.74, 6) is 0.938. The van der Waals surface area contributed by atoms with Crippen LogP contribution in [0.4, 0.5) is 0 Å². The summed E-state index contributed by atoms with van der Waals surface area (Å²) in [4.78, 5) is 2.63. The molecule has 0 spiro atoms. The normalized spacial score (nSPS) is 28.4. The minimum atomic E-state index is 0.262. The van der Waals surface area contributed by atoms with Gasteiger partial charge in [-0.1, -0.05) is 0 Å². The van der Waals surface area contributed by atoms with Crippen molar-refractivity contribution >= 4 is 0 Å². The van der Waals surface area contributed by atoms with Crippen LogP contribution in [0.5, 0.6) is 0 Å². The third-order valence-corrected chi connectivity index (χ3v) is 4.42. The highest BCUT2D eigenvalue weighted by Crippen LogP contribution is 2.35. The molecule has 2 heterocycles. The van der Waals surface area contributed by atoms with E-state index in [0.29, 0.717) is 0 Å². The van der Waals surface area contributed by atoms with E-state index in [0.717, 1.165) is 31.6 Å². The van der Waals surface area contributed by atoms with Gasteiger partial charge >= 0.3 is 0 Å². The molecule has 1 unspecified atom stereocenters. The van der Waals surface area contributed by atoms with Crippen molar-refractivity contribution in [2.24, 2.45) is 5.92 Å². The van der Waals surface area contributed by atoms with Crippen LogP contribution in [0.15, 0.2) is 18.5 Å². The minimum Gasteiger partial charge on any atom is -0.311 e. The molecule has 1 aromatic rings. The Labute approximate surface area is 109 Å². The Bertz CT molecular complexity index is 381. The molecule has 1 aliphatic carbocycles. The minimum absolute atomic E-state index is 0.262. The molecular weight excluding hydrogens is 224 g/mol. The van der Waals surface area contributed by atoms with Crippen molar-refractivity contribution in [1.29, 1.82) is 0 Å². The largest absolute Gasteiger partial charge is 0.311 e. The number of nitrogens with one attached hydrogen (secondary N) is 1. The van der Waals surface area contributed by atoms with Gasteiger partial charge in [0.15, 0.2) is 0 Å². The summed E-state index contributed by atoms with van der Waals surface area (Å²) in [6.07, 6.45) is 6.75. The standard InChI is InChI=1S/C14H24N4/c1-14(2)11-15-13(12-4-5-12)10-17(14)8-9-18-7-3-6-16-18/h3,6-7,12-13,15H,4-5,8-11H2,1-2H3. The average Bonchev–Trinajstić information content (AvgIpc) is 3.04. The van der Waals surface area contributed by atoms with Crippen molar-refractivity contribution < 1.29 is 0 Å². The molecular formula is C14H24N4. The zero-order valence-electron chi connectivity index (χ0n) is 11.5. The van der Waals surface area contributed by atoms with Crippen molar-refractivity contribution in [1.82, 2.24) is 20.0 Å². The maximum atomic E-state index is 4.29. The number of aromatic nitrogens is 2. The third-order valence-electron chi connectivity index (χ3n) is 4.42. The lowest BCUT2D eigenvalue weighted by atomic mass is 9.96. The topological polar surface area (TPSA) is 33.1 Å². The molecule has 0 amide bonds. The van der Waals surface area contributed by atoms with Gasteiger partial charge in [0.25, 0.3) is 0 Å². The van der Waals surface area contributed by atoms with Gasteiger partial charge in [-0.25, -0.2) is 0 Å². The Morgan fingerprint density at radius 3 is 2.83 bits per heavy atom. The number of rotatable bonds is 4. The van der Waals surface area contributed by atoms with E-state index in [4.69, 9.17) is 0 Å². The number of piperazine rings is 1. The highest BCUT2D eigenvalue weighted by molar-refractivity contribution is 4.98. The second kappa shape index (κ2) is 4.67. The molecule has 1 aromatic heterocycles. The van der Waals surface area contributed by atoms with Crippen LogP contribution < -0.4 is 5.32 Å². The van der Waals surface area contributed by atoms with Crippen LogP contribution in [0.2, 0.25) is 0 Å². The second-order valence-corrected chi connectivity index (χ2v) is 6.35. The molecule has 3 rings (SSSR count). The summed E-state index contributed by atoms with van der Waals surface area (Å²) >= 11 is 0. The van der Waals surface area contributed by atoms with Gasteiger partial charge in [0.1, 0.15) is 0 Å². The first kappa shape index (κ1) is 12.2. The Morgan fingerprint density at radius 2 is 2.17 bits per heavy atom. The Hall–Kier alpha value is -0.870. The summed E-state index contributed by atoms with van der Waals surface area (Å²) in [6, 6.07) is 2.71. The quantitative estimate of drug-likeness (QED) is 0.873. The Morgan fingerprint density at radius 1 is 1.33 bits per heavy atom. The maximum Gasteiger partial charge on any atom is 0.0536 e. The van der Waals surface area contributed by atoms with Gasteiger partial charge < -0.3 is 5.32 Å². The summed E-state index contributed by atoms with van der Waals surface area (Å²) in [7, 11) is 0. The first-order valence-electron chi connectivity index (χ1n) is 7.11. The Kier molecular flexibility index (Phi) is 3.16. The van der Waals surface area contributed by atoms with Crippen molar-refractivity contribution in [3.05, 3.63) is 18.5 Å². The number of hydrogen-bond donors (Lipinski definition) is 1. The van der Waals surface area contributed by atoms with E-state index in [1.807, 2.05) is 23.1 Å². The van der Waals surface area contributed by atoms with E-state index >= 15 is 0 Å². The van der Waals surface area contributed by atoms with Gasteiger partial charge in [-0.3, -0.25) is 9.58 Å². The fraction of sp³-hybridized carbons (Fsp3) is 0.786. The lowest BCUT2D eigenvalue weighted by Gasteiger charge is -2.46. The van der Waals surface area contributed by atoms with E-state index in [9.17, 15) is 0 Å². The molecule has 1 N–H and O–H groups in total. The SMILES string of the molecule is CC1(C)CNC(C2CC2)CN1CCn1cccn1. The molecule has 100 valence electrons. The fourth-order valence-electron chi connectivity index (χ4n) is 2.91. The van der Waals surface area contributed by atoms with Crippen LogP contribution in [0.3, 0.4) is 0 Å². The zero-order valence-corrected chi connectivity index (χ0v) is 11.5. The van der Waals surface area contributed by atoms with Crippen molar-refractivity contribution in [3.63, 3.8) is 0 Å². The van der Waals surface area contributed by atoms with Gasteiger partial charge in [-0.05, 0) is 38.7 Å². The van der Waals surface area contributed by atoms with Gasteiger partial charge in [0.05, 0.1) is 6.54 Å². The molecule has 0 radical (unpaired) electrons. The van der Waals surface area contributed by atoms with Crippen LogP contribution >= 0.6 is 0 Å². The van der Waals surface area contributed by atoms with Crippen molar-refractivity contribution in [2.75, 3.05) is 19.6 Å². The predicted molar refractivity (Wildman–Crippen MR) is 72.4 cm³/mol. The average molecular weight is 248 g/mol. The lowest BCUT2D eigenvalue weighted by molar-refractivity contribution is 0.0566. The van der Waals surface area contributed by atoms with E-state index in [2.05, 4.69) is 29.2 Å². The summed E-state index contributed by atoms with van der Waals surface area (Å²) in [6.45, 7) is 9.07. The smallest absolute Gasteiger partial charge is 0.0536 e. The van der Waals surface area contributed by atoms with Crippen LogP contribution in [0.25, 0.3) is 0 Å². The van der Waals surface area contributed by atoms with E-state index < -0.39 is 0 Å². The second-order valence-electron chi connectivity index (χ2n) is 6.35. The highest BCUT2D eigenvalue weighted by atomic mass is 15.3. The number of hydrogen-bond acceptors (Lipinski definition) is 3. The molecule has 18 heavy (non-hydrogen) atoms. The van der Waals surface area contributed by atoms with Crippen LogP contribution in [0, 0.1) is 5.92 Å². The Balaban J connectivity index is 1.59. The molecule has 0 aromatic carbocycles. The molecule has 1 saturated carbocycles. The van der Waals surface area contributed by atoms with E-state index in [1.54, 1.807) is 0 Å². The lowest BCUT2D eigenvalue weighted by Crippen LogP contribution is -2.62. The van der Waals surface area contributed by atoms with Gasteiger partial charge in [-0.15, -0.1) is 0 Å². The molecule has 2 aliphatic rings. The molecule has 4 heteroatoms. The van der Waals surface area contributed by atoms with E-state index in [1.165, 1.54) is 19.4 Å². The molecule has 1 aliphatic heterocycles. The monoisotopic (exact) mass is 248 g/mol. The van der Waals surface area contributed by atoms with Crippen molar-refractivity contribution in [3.8, 4) is 0 Å². The third kappa shape index (κ3) is 2.59. The van der Waals surface area contributed by atoms with Crippen LogP contribution in [-0.4, -0.2) is 45.9 Å². The van der Waals surface area contributed by atoms with Crippen molar-refractivity contribution in [2.45, 2.75) is 44.8 Å². The molecule has 2 fully saturated rings. The zero-order chi connectivity index (χ0) is 12.6. The fourth-order valence-corrected chi connectivity index (χ4v) is 2.91. The first-order valence-corrected chi connectivity index (χ1v) is 7.11. The molecule has 1 atom stereocenters.